The topological polar surface area (TPSA) is 103 Å². The molecule has 3 N–H and O–H groups in total. The Hall–Kier alpha value is -2.70. The van der Waals surface area contributed by atoms with Gasteiger partial charge in [-0.3, -0.25) is 4.79 Å². The van der Waals surface area contributed by atoms with Gasteiger partial charge in [0.2, 0.25) is 5.88 Å². The molecule has 2 rings (SSSR count). The van der Waals surface area contributed by atoms with Gasteiger partial charge < -0.3 is 15.8 Å². The maximum absolute atomic E-state index is 11.9. The van der Waals surface area contributed by atoms with Crippen molar-refractivity contribution in [3.8, 4) is 5.88 Å². The van der Waals surface area contributed by atoms with E-state index in [4.69, 9.17) is 10.5 Å². The summed E-state index contributed by atoms with van der Waals surface area (Å²) in [4.78, 5) is 23.6. The summed E-state index contributed by atoms with van der Waals surface area (Å²) in [6.07, 6.45) is 4.46. The van der Waals surface area contributed by atoms with Crippen LogP contribution in [0.3, 0.4) is 0 Å². The Morgan fingerprint density at radius 2 is 2.11 bits per heavy atom. The third-order valence-corrected chi connectivity index (χ3v) is 2.42. The van der Waals surface area contributed by atoms with E-state index in [2.05, 4.69) is 20.3 Å². The molecule has 0 aliphatic rings. The molecule has 0 aromatic carbocycles. The number of anilines is 1. The van der Waals surface area contributed by atoms with Gasteiger partial charge in [0, 0.05) is 30.7 Å². The van der Waals surface area contributed by atoms with Crippen LogP contribution in [0.25, 0.3) is 0 Å². The lowest BCUT2D eigenvalue weighted by molar-refractivity contribution is 0.0946. The summed E-state index contributed by atoms with van der Waals surface area (Å²) in [6.45, 7) is 0.270. The summed E-state index contributed by atoms with van der Waals surface area (Å²) in [5.74, 6) is 0.171. The Labute approximate surface area is 109 Å². The zero-order chi connectivity index (χ0) is 13.7. The van der Waals surface area contributed by atoms with Gasteiger partial charge in [0.15, 0.2) is 11.5 Å². The average molecular weight is 259 g/mol. The lowest BCUT2D eigenvalue weighted by atomic mass is 10.2. The van der Waals surface area contributed by atoms with Gasteiger partial charge in [-0.1, -0.05) is 6.07 Å². The minimum atomic E-state index is -0.392. The number of nitrogen functional groups attached to an aromatic ring is 1. The Balaban J connectivity index is 2.07. The fourth-order valence-electron chi connectivity index (χ4n) is 1.53. The van der Waals surface area contributed by atoms with E-state index in [9.17, 15) is 4.79 Å². The molecule has 2 aromatic heterocycles. The number of nitrogens with one attached hydrogen (secondary N) is 1. The van der Waals surface area contributed by atoms with Crippen LogP contribution in [0.5, 0.6) is 5.88 Å². The van der Waals surface area contributed by atoms with Crippen molar-refractivity contribution < 1.29 is 9.53 Å². The van der Waals surface area contributed by atoms with Gasteiger partial charge in [-0.25, -0.2) is 15.0 Å². The maximum atomic E-state index is 11.9. The molecule has 2 heterocycles. The number of carbonyl (C=O) groups is 1. The lowest BCUT2D eigenvalue weighted by Gasteiger charge is -2.08. The van der Waals surface area contributed by atoms with Crippen molar-refractivity contribution in [1.29, 1.82) is 0 Å². The normalized spacial score (nSPS) is 9.95. The maximum Gasteiger partial charge on any atom is 0.273 e. The monoisotopic (exact) mass is 259 g/mol. The third kappa shape index (κ3) is 2.95. The van der Waals surface area contributed by atoms with Gasteiger partial charge in [-0.05, 0) is 6.07 Å². The van der Waals surface area contributed by atoms with Gasteiger partial charge in [0.1, 0.15) is 0 Å². The predicted molar refractivity (Wildman–Crippen MR) is 68.4 cm³/mol. The molecule has 7 heteroatoms. The van der Waals surface area contributed by atoms with Crippen LogP contribution in [0.15, 0.2) is 30.7 Å². The summed E-state index contributed by atoms with van der Waals surface area (Å²) in [5.41, 5.74) is 6.44. The molecule has 19 heavy (non-hydrogen) atoms. The molecule has 0 aliphatic heterocycles. The minimum absolute atomic E-state index is 0.0955. The first-order chi connectivity index (χ1) is 9.22. The fourth-order valence-corrected chi connectivity index (χ4v) is 1.53. The zero-order valence-electron chi connectivity index (χ0n) is 10.3. The van der Waals surface area contributed by atoms with E-state index in [1.807, 2.05) is 6.07 Å². The van der Waals surface area contributed by atoms with Crippen LogP contribution in [-0.4, -0.2) is 28.0 Å². The van der Waals surface area contributed by atoms with Gasteiger partial charge >= 0.3 is 0 Å². The Bertz CT molecular complexity index is 588. The van der Waals surface area contributed by atoms with Crippen LogP contribution >= 0.6 is 0 Å². The first-order valence-electron chi connectivity index (χ1n) is 5.55. The van der Waals surface area contributed by atoms with Crippen molar-refractivity contribution in [3.63, 3.8) is 0 Å². The summed E-state index contributed by atoms with van der Waals surface area (Å²) in [7, 11) is 1.52. The molecule has 0 fully saturated rings. The molecular formula is C12H13N5O2. The number of hydrogen-bond acceptors (Lipinski definition) is 6. The van der Waals surface area contributed by atoms with Crippen molar-refractivity contribution in [2.75, 3.05) is 12.8 Å². The van der Waals surface area contributed by atoms with Gasteiger partial charge in [-0.15, -0.1) is 0 Å². The first-order valence-corrected chi connectivity index (χ1v) is 5.55. The van der Waals surface area contributed by atoms with Crippen LogP contribution in [0.1, 0.15) is 16.1 Å². The molecule has 0 atom stereocenters. The predicted octanol–water partition coefficient (Wildman–Crippen LogP) is 0.392. The SMILES string of the molecule is COc1ncccc1CNC(=O)c1nccnc1N. The number of pyridine rings is 1. The number of methoxy groups -OCH3 is 1. The summed E-state index contributed by atoms with van der Waals surface area (Å²) < 4.78 is 5.09. The molecule has 2 aromatic rings. The molecule has 0 aliphatic carbocycles. The van der Waals surface area contributed by atoms with Gasteiger partial charge in [-0.2, -0.15) is 0 Å². The summed E-state index contributed by atoms with van der Waals surface area (Å²) >= 11 is 0. The van der Waals surface area contributed by atoms with Crippen LogP contribution in [0, 0.1) is 0 Å². The van der Waals surface area contributed by atoms with E-state index >= 15 is 0 Å². The molecule has 1 amide bonds. The number of rotatable bonds is 4. The van der Waals surface area contributed by atoms with Crippen LogP contribution in [0.2, 0.25) is 0 Å². The molecule has 0 bridgehead atoms. The number of carbonyl (C=O) groups excluding carboxylic acids is 1. The Morgan fingerprint density at radius 1 is 1.32 bits per heavy atom. The van der Waals surface area contributed by atoms with Gasteiger partial charge in [0.05, 0.1) is 7.11 Å². The van der Waals surface area contributed by atoms with E-state index in [0.717, 1.165) is 5.56 Å². The second kappa shape index (κ2) is 5.76. The fraction of sp³-hybridized carbons (Fsp3) is 0.167. The van der Waals surface area contributed by atoms with Crippen LogP contribution in [0.4, 0.5) is 5.82 Å². The molecule has 0 unspecified atom stereocenters. The van der Waals surface area contributed by atoms with Crippen molar-refractivity contribution in [1.82, 2.24) is 20.3 Å². The smallest absolute Gasteiger partial charge is 0.273 e. The molecule has 0 saturated heterocycles. The number of aromatic nitrogens is 3. The van der Waals surface area contributed by atoms with E-state index in [1.165, 1.54) is 19.5 Å². The summed E-state index contributed by atoms with van der Waals surface area (Å²) in [5, 5.41) is 2.69. The zero-order valence-corrected chi connectivity index (χ0v) is 10.3. The molecular weight excluding hydrogens is 246 g/mol. The standard InChI is InChI=1S/C12H13N5O2/c1-19-12-8(3-2-4-16-12)7-17-11(18)9-10(13)15-6-5-14-9/h2-6H,7H2,1H3,(H2,13,15)(H,17,18). The Morgan fingerprint density at radius 3 is 2.84 bits per heavy atom. The number of ether oxygens (including phenoxy) is 1. The summed E-state index contributed by atoms with van der Waals surface area (Å²) in [6, 6.07) is 3.58. The van der Waals surface area contributed by atoms with Gasteiger partial charge in [0.25, 0.3) is 5.91 Å². The first kappa shape index (κ1) is 12.7. The average Bonchev–Trinajstić information content (AvgIpc) is 2.45. The second-order valence-electron chi connectivity index (χ2n) is 3.64. The number of nitrogens with zero attached hydrogens (tertiary/aromatic N) is 3. The Kier molecular flexibility index (Phi) is 3.87. The molecule has 0 spiro atoms. The minimum Gasteiger partial charge on any atom is -0.481 e. The van der Waals surface area contributed by atoms with Crippen LogP contribution < -0.4 is 15.8 Å². The lowest BCUT2D eigenvalue weighted by Crippen LogP contribution is -2.25. The third-order valence-electron chi connectivity index (χ3n) is 2.42. The highest BCUT2D eigenvalue weighted by molar-refractivity contribution is 5.96. The van der Waals surface area contributed by atoms with E-state index in [1.54, 1.807) is 12.3 Å². The number of nitrogens with two attached hydrogens (primary N) is 1. The number of amides is 1. The molecule has 7 nitrogen and oxygen atoms in total. The highest BCUT2D eigenvalue weighted by Gasteiger charge is 2.12. The van der Waals surface area contributed by atoms with E-state index < -0.39 is 5.91 Å². The van der Waals surface area contributed by atoms with E-state index in [0.29, 0.717) is 5.88 Å². The molecule has 98 valence electrons. The largest absolute Gasteiger partial charge is 0.481 e. The van der Waals surface area contributed by atoms with Crippen molar-refractivity contribution >= 4 is 11.7 Å². The highest BCUT2D eigenvalue weighted by Crippen LogP contribution is 2.13. The highest BCUT2D eigenvalue weighted by atomic mass is 16.5. The van der Waals surface area contributed by atoms with Crippen molar-refractivity contribution in [2.24, 2.45) is 0 Å². The van der Waals surface area contributed by atoms with Crippen molar-refractivity contribution in [3.05, 3.63) is 42.0 Å². The molecule has 0 radical (unpaired) electrons. The number of hydrogen-bond donors (Lipinski definition) is 2. The second-order valence-corrected chi connectivity index (χ2v) is 3.64. The van der Waals surface area contributed by atoms with E-state index in [-0.39, 0.29) is 18.1 Å². The van der Waals surface area contributed by atoms with Crippen LogP contribution in [-0.2, 0) is 6.54 Å². The van der Waals surface area contributed by atoms with Crippen molar-refractivity contribution in [2.45, 2.75) is 6.54 Å². The molecule has 0 saturated carbocycles. The quantitative estimate of drug-likeness (QED) is 0.823.